The van der Waals surface area contributed by atoms with Gasteiger partial charge in [-0.05, 0) is 63.1 Å². The molecule has 1 atom stereocenters. The molecule has 1 aromatic carbocycles. The number of thiazole rings is 1. The molecule has 170 valence electrons. The van der Waals surface area contributed by atoms with Gasteiger partial charge in [-0.2, -0.15) is 0 Å². The number of carbonyl (C=O) groups excluding carboxylic acids is 1. The maximum absolute atomic E-state index is 13.5. The van der Waals surface area contributed by atoms with Crippen molar-refractivity contribution in [3.63, 3.8) is 0 Å². The van der Waals surface area contributed by atoms with E-state index in [-0.39, 0.29) is 18.3 Å². The minimum absolute atomic E-state index is 0.0400. The third kappa shape index (κ3) is 4.66. The van der Waals surface area contributed by atoms with Gasteiger partial charge in [0, 0.05) is 12.4 Å². The Morgan fingerprint density at radius 1 is 1.24 bits per heavy atom. The van der Waals surface area contributed by atoms with E-state index in [1.54, 1.807) is 36.9 Å². The van der Waals surface area contributed by atoms with Crippen LogP contribution in [-0.2, 0) is 9.53 Å². The SMILES string of the molecule is CCOC(=O)C1=C(C)N=c2s/c(=C\c3cccnc3)c(=O)n2C1c1ccc(OC(C)C)cc1. The van der Waals surface area contributed by atoms with E-state index in [2.05, 4.69) is 9.98 Å². The van der Waals surface area contributed by atoms with Crippen molar-refractivity contribution in [2.75, 3.05) is 6.61 Å². The number of aromatic nitrogens is 2. The van der Waals surface area contributed by atoms with Crippen molar-refractivity contribution >= 4 is 23.4 Å². The summed E-state index contributed by atoms with van der Waals surface area (Å²) in [6.07, 6.45) is 5.20. The molecule has 0 radical (unpaired) electrons. The highest BCUT2D eigenvalue weighted by Gasteiger charge is 2.33. The van der Waals surface area contributed by atoms with E-state index < -0.39 is 12.0 Å². The molecule has 0 saturated carbocycles. The van der Waals surface area contributed by atoms with E-state index >= 15 is 0 Å². The van der Waals surface area contributed by atoms with E-state index in [9.17, 15) is 9.59 Å². The average Bonchev–Trinajstić information content (AvgIpc) is 3.08. The van der Waals surface area contributed by atoms with Gasteiger partial charge in [0.25, 0.3) is 5.56 Å². The van der Waals surface area contributed by atoms with Crippen LogP contribution in [0, 0.1) is 0 Å². The van der Waals surface area contributed by atoms with Crippen molar-refractivity contribution in [1.82, 2.24) is 9.55 Å². The van der Waals surface area contributed by atoms with E-state index in [1.165, 1.54) is 11.3 Å². The zero-order chi connectivity index (χ0) is 23.5. The Labute approximate surface area is 195 Å². The normalized spacial score (nSPS) is 15.9. The van der Waals surface area contributed by atoms with Crippen molar-refractivity contribution in [2.24, 2.45) is 4.99 Å². The first kappa shape index (κ1) is 22.7. The fourth-order valence-corrected chi connectivity index (χ4v) is 4.77. The molecule has 1 aliphatic heterocycles. The lowest BCUT2D eigenvalue weighted by molar-refractivity contribution is -0.139. The van der Waals surface area contributed by atoms with Crippen LogP contribution in [0.5, 0.6) is 5.75 Å². The van der Waals surface area contributed by atoms with E-state index in [4.69, 9.17) is 9.47 Å². The molecule has 0 N–H and O–H groups in total. The van der Waals surface area contributed by atoms with Gasteiger partial charge in [0.2, 0.25) is 0 Å². The van der Waals surface area contributed by atoms with Gasteiger partial charge in [-0.25, -0.2) is 9.79 Å². The molecule has 3 heterocycles. The number of hydrogen-bond donors (Lipinski definition) is 0. The smallest absolute Gasteiger partial charge is 0.338 e. The first-order chi connectivity index (χ1) is 15.9. The van der Waals surface area contributed by atoms with Crippen LogP contribution in [0.3, 0.4) is 0 Å². The van der Waals surface area contributed by atoms with E-state index in [0.29, 0.717) is 20.6 Å². The second-order valence-electron chi connectivity index (χ2n) is 7.82. The predicted molar refractivity (Wildman–Crippen MR) is 127 cm³/mol. The molecular formula is C25H25N3O4S. The van der Waals surface area contributed by atoms with Gasteiger partial charge in [-0.1, -0.05) is 29.5 Å². The summed E-state index contributed by atoms with van der Waals surface area (Å²) in [5, 5.41) is 0. The molecule has 33 heavy (non-hydrogen) atoms. The Morgan fingerprint density at radius 2 is 2.00 bits per heavy atom. The molecule has 3 aromatic rings. The highest BCUT2D eigenvalue weighted by Crippen LogP contribution is 2.31. The van der Waals surface area contributed by atoms with Crippen LogP contribution in [0.1, 0.15) is 44.9 Å². The zero-order valence-corrected chi connectivity index (χ0v) is 19.8. The quantitative estimate of drug-likeness (QED) is 0.525. The predicted octanol–water partition coefficient (Wildman–Crippen LogP) is 2.98. The van der Waals surface area contributed by atoms with Crippen molar-refractivity contribution in [2.45, 2.75) is 39.8 Å². The number of carbonyl (C=O) groups is 1. The van der Waals surface area contributed by atoms with Crippen LogP contribution in [0.4, 0.5) is 0 Å². The minimum Gasteiger partial charge on any atom is -0.491 e. The number of rotatable bonds is 6. The molecule has 0 aliphatic carbocycles. The summed E-state index contributed by atoms with van der Waals surface area (Å²) < 4.78 is 13.2. The highest BCUT2D eigenvalue weighted by atomic mass is 32.1. The number of benzene rings is 1. The fraction of sp³-hybridized carbons (Fsp3) is 0.280. The van der Waals surface area contributed by atoms with E-state index in [0.717, 1.165) is 16.9 Å². The van der Waals surface area contributed by atoms with Gasteiger partial charge in [0.15, 0.2) is 4.80 Å². The Bertz CT molecular complexity index is 1370. The first-order valence-corrected chi connectivity index (χ1v) is 11.6. The second-order valence-corrected chi connectivity index (χ2v) is 8.83. The molecule has 8 heteroatoms. The van der Waals surface area contributed by atoms with Crippen molar-refractivity contribution in [1.29, 1.82) is 0 Å². The van der Waals surface area contributed by atoms with Gasteiger partial charge in [-0.15, -0.1) is 0 Å². The summed E-state index contributed by atoms with van der Waals surface area (Å²) >= 11 is 1.29. The number of ether oxygens (including phenoxy) is 2. The number of esters is 1. The average molecular weight is 464 g/mol. The molecule has 2 aromatic heterocycles. The monoisotopic (exact) mass is 463 g/mol. The largest absolute Gasteiger partial charge is 0.491 e. The Balaban J connectivity index is 1.90. The number of pyridine rings is 1. The molecule has 0 saturated heterocycles. The van der Waals surface area contributed by atoms with Crippen molar-refractivity contribution in [3.05, 3.63) is 90.9 Å². The summed E-state index contributed by atoms with van der Waals surface area (Å²) in [6, 6.07) is 10.5. The molecule has 7 nitrogen and oxygen atoms in total. The Morgan fingerprint density at radius 3 is 2.64 bits per heavy atom. The number of fused-ring (bicyclic) bond motifs is 1. The van der Waals surface area contributed by atoms with Gasteiger partial charge in [0.1, 0.15) is 5.75 Å². The zero-order valence-electron chi connectivity index (χ0n) is 18.9. The second kappa shape index (κ2) is 9.54. The van der Waals surface area contributed by atoms with Crippen LogP contribution in [0.25, 0.3) is 6.08 Å². The van der Waals surface area contributed by atoms with Crippen molar-refractivity contribution in [3.8, 4) is 5.75 Å². The minimum atomic E-state index is -0.649. The summed E-state index contributed by atoms with van der Waals surface area (Å²) in [7, 11) is 0. The fourth-order valence-electron chi connectivity index (χ4n) is 3.72. The molecule has 4 rings (SSSR count). The molecule has 0 fully saturated rings. The topological polar surface area (TPSA) is 82.8 Å². The number of nitrogens with zero attached hydrogens (tertiary/aromatic N) is 3. The summed E-state index contributed by atoms with van der Waals surface area (Å²) in [6.45, 7) is 7.67. The van der Waals surface area contributed by atoms with Crippen LogP contribution in [0.15, 0.2) is 69.8 Å². The summed E-state index contributed by atoms with van der Waals surface area (Å²) in [5.74, 6) is 0.240. The maximum Gasteiger partial charge on any atom is 0.338 e. The van der Waals surface area contributed by atoms with Crippen LogP contribution < -0.4 is 19.6 Å². The number of allylic oxidation sites excluding steroid dienone is 1. The molecule has 0 amide bonds. The van der Waals surface area contributed by atoms with Gasteiger partial charge >= 0.3 is 5.97 Å². The Kier molecular flexibility index (Phi) is 6.55. The first-order valence-electron chi connectivity index (χ1n) is 10.8. The van der Waals surface area contributed by atoms with Gasteiger partial charge < -0.3 is 9.47 Å². The molecule has 1 aliphatic rings. The molecule has 0 bridgehead atoms. The molecular weight excluding hydrogens is 438 g/mol. The lowest BCUT2D eigenvalue weighted by atomic mass is 9.96. The van der Waals surface area contributed by atoms with E-state index in [1.807, 2.05) is 50.2 Å². The number of hydrogen-bond acceptors (Lipinski definition) is 7. The van der Waals surface area contributed by atoms with Crippen LogP contribution in [-0.4, -0.2) is 28.2 Å². The van der Waals surface area contributed by atoms with Gasteiger partial charge in [0.05, 0.1) is 34.6 Å². The molecule has 0 spiro atoms. The third-order valence-corrected chi connectivity index (χ3v) is 6.05. The maximum atomic E-state index is 13.5. The van der Waals surface area contributed by atoms with Crippen molar-refractivity contribution < 1.29 is 14.3 Å². The summed E-state index contributed by atoms with van der Waals surface area (Å²) in [5.41, 5.74) is 2.27. The summed E-state index contributed by atoms with van der Waals surface area (Å²) in [4.78, 5) is 35.7. The Hall–Kier alpha value is -3.52. The molecule has 1 unspecified atom stereocenters. The third-order valence-electron chi connectivity index (χ3n) is 5.07. The van der Waals surface area contributed by atoms with Crippen LogP contribution in [0.2, 0.25) is 0 Å². The lowest BCUT2D eigenvalue weighted by Gasteiger charge is -2.25. The highest BCUT2D eigenvalue weighted by molar-refractivity contribution is 7.07. The van der Waals surface area contributed by atoms with Gasteiger partial charge in [-0.3, -0.25) is 14.3 Å². The standard InChI is InChI=1S/C25H25N3O4S/c1-5-31-24(30)21-16(4)27-25-28(22(21)18-8-10-19(11-9-18)32-15(2)3)23(29)20(33-25)13-17-7-6-12-26-14-17/h6-15,22H,5H2,1-4H3/b20-13-. The lowest BCUT2D eigenvalue weighted by Crippen LogP contribution is -2.39. The van der Waals surface area contributed by atoms with Crippen LogP contribution >= 0.6 is 11.3 Å².